The Labute approximate surface area is 133 Å². The van der Waals surface area contributed by atoms with E-state index in [0.29, 0.717) is 5.92 Å². The fourth-order valence-electron chi connectivity index (χ4n) is 2.86. The van der Waals surface area contributed by atoms with E-state index in [1.54, 1.807) is 6.20 Å². The molecule has 0 fully saturated rings. The number of hydrogen-bond donors (Lipinski definition) is 1. The predicted octanol–water partition coefficient (Wildman–Crippen LogP) is 3.38. The van der Waals surface area contributed by atoms with Gasteiger partial charge < -0.3 is 9.84 Å². The van der Waals surface area contributed by atoms with Crippen LogP contribution in [0.2, 0.25) is 0 Å². The van der Waals surface area contributed by atoms with Crippen LogP contribution in [-0.2, 0) is 16.0 Å². The molecule has 0 amide bonds. The minimum absolute atomic E-state index is 0.0532. The van der Waals surface area contributed by atoms with Crippen LogP contribution in [0.25, 0.3) is 0 Å². The van der Waals surface area contributed by atoms with Crippen molar-refractivity contribution in [1.29, 1.82) is 0 Å². The van der Waals surface area contributed by atoms with Crippen molar-refractivity contribution in [3.8, 4) is 0 Å². The molecule has 0 radical (unpaired) electrons. The van der Waals surface area contributed by atoms with Crippen LogP contribution in [0.5, 0.6) is 0 Å². The minimum Gasteiger partial charge on any atom is -0.469 e. The Kier molecular flexibility index (Phi) is 9.47. The van der Waals surface area contributed by atoms with Crippen molar-refractivity contribution in [1.82, 2.24) is 4.98 Å². The molecule has 1 aromatic rings. The van der Waals surface area contributed by atoms with Gasteiger partial charge in [0.2, 0.25) is 0 Å². The maximum absolute atomic E-state index is 11.6. The summed E-state index contributed by atoms with van der Waals surface area (Å²) in [7, 11) is 1.45. The van der Waals surface area contributed by atoms with Crippen LogP contribution in [0.1, 0.15) is 51.0 Å². The van der Waals surface area contributed by atoms with Gasteiger partial charge >= 0.3 is 5.97 Å². The average molecular weight is 307 g/mol. The predicted molar refractivity (Wildman–Crippen MR) is 87.4 cm³/mol. The van der Waals surface area contributed by atoms with Gasteiger partial charge in [0.25, 0.3) is 0 Å². The molecule has 2 unspecified atom stereocenters. The van der Waals surface area contributed by atoms with Crippen LogP contribution in [0.15, 0.2) is 24.5 Å². The maximum atomic E-state index is 11.6. The summed E-state index contributed by atoms with van der Waals surface area (Å²) in [6, 6.07) is 4.07. The van der Waals surface area contributed by atoms with E-state index >= 15 is 0 Å². The van der Waals surface area contributed by atoms with Crippen molar-refractivity contribution >= 4 is 5.97 Å². The molecule has 1 N–H and O–H groups in total. The molecule has 0 aliphatic heterocycles. The van der Waals surface area contributed by atoms with Gasteiger partial charge in [0.1, 0.15) is 0 Å². The molecule has 1 heterocycles. The number of carbonyl (C=O) groups is 1. The maximum Gasteiger partial charge on any atom is 0.308 e. The normalized spacial score (nSPS) is 13.6. The average Bonchev–Trinajstić information content (AvgIpc) is 2.55. The first-order valence-electron chi connectivity index (χ1n) is 8.25. The molecule has 4 heteroatoms. The topological polar surface area (TPSA) is 59.4 Å². The molecule has 0 aromatic carbocycles. The van der Waals surface area contributed by atoms with Gasteiger partial charge in [-0.2, -0.15) is 0 Å². The number of ether oxygens (including phenoxy) is 1. The van der Waals surface area contributed by atoms with E-state index in [1.165, 1.54) is 12.7 Å². The molecular weight excluding hydrogens is 278 g/mol. The Balaban J connectivity index is 2.41. The number of methoxy groups -OCH3 is 1. The summed E-state index contributed by atoms with van der Waals surface area (Å²) in [4.78, 5) is 15.7. The lowest BCUT2D eigenvalue weighted by molar-refractivity contribution is -0.145. The number of esters is 1. The summed E-state index contributed by atoms with van der Waals surface area (Å²) in [6.45, 7) is 2.18. The van der Waals surface area contributed by atoms with Crippen molar-refractivity contribution in [3.05, 3.63) is 30.1 Å². The molecule has 4 nitrogen and oxygen atoms in total. The molecule has 0 aliphatic carbocycles. The van der Waals surface area contributed by atoms with Crippen molar-refractivity contribution < 1.29 is 14.6 Å². The van der Waals surface area contributed by atoms with Crippen LogP contribution in [0.3, 0.4) is 0 Å². The second-order valence-corrected chi connectivity index (χ2v) is 6.00. The number of unbranched alkanes of at least 4 members (excludes halogenated alkanes) is 1. The van der Waals surface area contributed by atoms with Gasteiger partial charge in [0.15, 0.2) is 0 Å². The van der Waals surface area contributed by atoms with Gasteiger partial charge in [0.05, 0.1) is 13.0 Å². The van der Waals surface area contributed by atoms with Gasteiger partial charge in [-0.25, -0.2) is 0 Å². The molecule has 1 aromatic heterocycles. The molecule has 2 atom stereocenters. The highest BCUT2D eigenvalue weighted by Gasteiger charge is 2.19. The summed E-state index contributed by atoms with van der Waals surface area (Å²) in [5.74, 6) is 0.333. The molecule has 124 valence electrons. The largest absolute Gasteiger partial charge is 0.469 e. The number of aryl methyl sites for hydroxylation is 1. The number of carbonyl (C=O) groups excluding carboxylic acids is 1. The van der Waals surface area contributed by atoms with Crippen molar-refractivity contribution in [2.24, 2.45) is 11.8 Å². The third-order valence-electron chi connectivity index (χ3n) is 4.11. The van der Waals surface area contributed by atoms with Gasteiger partial charge in [0, 0.05) is 19.0 Å². The summed E-state index contributed by atoms with van der Waals surface area (Å²) >= 11 is 0. The quantitative estimate of drug-likeness (QED) is 0.503. The Hall–Kier alpha value is -1.42. The second kappa shape index (κ2) is 11.2. The number of pyridine rings is 1. The van der Waals surface area contributed by atoms with Gasteiger partial charge in [-0.05, 0) is 43.2 Å². The summed E-state index contributed by atoms with van der Waals surface area (Å²) in [5, 5.41) is 8.93. The lowest BCUT2D eigenvalue weighted by Gasteiger charge is -2.20. The first-order valence-corrected chi connectivity index (χ1v) is 8.25. The van der Waals surface area contributed by atoms with Crippen molar-refractivity contribution in [2.45, 2.75) is 51.9 Å². The molecule has 0 saturated heterocycles. The highest BCUT2D eigenvalue weighted by atomic mass is 16.5. The first-order chi connectivity index (χ1) is 10.7. The Morgan fingerprint density at radius 1 is 1.32 bits per heavy atom. The number of aromatic nitrogens is 1. The Morgan fingerprint density at radius 3 is 2.73 bits per heavy atom. The smallest absolute Gasteiger partial charge is 0.308 e. The van der Waals surface area contributed by atoms with E-state index < -0.39 is 0 Å². The molecule has 0 spiro atoms. The molecule has 0 saturated carbocycles. The number of rotatable bonds is 11. The van der Waals surface area contributed by atoms with Crippen LogP contribution >= 0.6 is 0 Å². The molecule has 0 aliphatic rings. The van der Waals surface area contributed by atoms with E-state index in [2.05, 4.69) is 11.1 Å². The van der Waals surface area contributed by atoms with Crippen LogP contribution in [-0.4, -0.2) is 29.8 Å². The fourth-order valence-corrected chi connectivity index (χ4v) is 2.86. The standard InChI is InChI=1S/C18H29NO3/c1-15(18(21)22-2)13-16(7-3-4-12-20)8-5-9-17-10-6-11-19-14-17/h6,10-11,14-16,20H,3-5,7-9,12-13H2,1-2H3. The first kappa shape index (κ1) is 18.6. The third-order valence-corrected chi connectivity index (χ3v) is 4.11. The van der Waals surface area contributed by atoms with E-state index in [-0.39, 0.29) is 18.5 Å². The second-order valence-electron chi connectivity index (χ2n) is 6.00. The van der Waals surface area contributed by atoms with Crippen LogP contribution < -0.4 is 0 Å². The molecule has 22 heavy (non-hydrogen) atoms. The van der Waals surface area contributed by atoms with Crippen molar-refractivity contribution in [3.63, 3.8) is 0 Å². The van der Waals surface area contributed by atoms with Gasteiger partial charge in [-0.1, -0.05) is 32.3 Å². The van der Waals surface area contributed by atoms with Gasteiger partial charge in [-0.15, -0.1) is 0 Å². The number of hydrogen-bond acceptors (Lipinski definition) is 4. The molecule has 1 rings (SSSR count). The van der Waals surface area contributed by atoms with Crippen LogP contribution in [0, 0.1) is 11.8 Å². The number of aliphatic hydroxyl groups is 1. The van der Waals surface area contributed by atoms with E-state index in [0.717, 1.165) is 44.9 Å². The number of nitrogens with zero attached hydrogens (tertiary/aromatic N) is 1. The lowest BCUT2D eigenvalue weighted by Crippen LogP contribution is -2.17. The monoisotopic (exact) mass is 307 g/mol. The third kappa shape index (κ3) is 7.55. The Bertz CT molecular complexity index is 408. The van der Waals surface area contributed by atoms with E-state index in [1.807, 2.05) is 19.2 Å². The summed E-state index contributed by atoms with van der Waals surface area (Å²) in [5.41, 5.74) is 1.26. The Morgan fingerprint density at radius 2 is 2.09 bits per heavy atom. The molecular formula is C18H29NO3. The molecule has 0 bridgehead atoms. The highest BCUT2D eigenvalue weighted by Crippen LogP contribution is 2.24. The SMILES string of the molecule is COC(=O)C(C)CC(CCCCO)CCCc1cccnc1. The zero-order valence-corrected chi connectivity index (χ0v) is 13.8. The minimum atomic E-state index is -0.126. The van der Waals surface area contributed by atoms with E-state index in [4.69, 9.17) is 9.84 Å². The summed E-state index contributed by atoms with van der Waals surface area (Å²) in [6.07, 6.45) is 10.7. The summed E-state index contributed by atoms with van der Waals surface area (Å²) < 4.78 is 4.83. The zero-order valence-electron chi connectivity index (χ0n) is 13.8. The van der Waals surface area contributed by atoms with Gasteiger partial charge in [-0.3, -0.25) is 9.78 Å². The van der Waals surface area contributed by atoms with Crippen molar-refractivity contribution in [2.75, 3.05) is 13.7 Å². The lowest BCUT2D eigenvalue weighted by atomic mass is 9.87. The van der Waals surface area contributed by atoms with Crippen LogP contribution in [0.4, 0.5) is 0 Å². The highest BCUT2D eigenvalue weighted by molar-refractivity contribution is 5.71. The number of aliphatic hydroxyl groups excluding tert-OH is 1. The van der Waals surface area contributed by atoms with E-state index in [9.17, 15) is 4.79 Å². The zero-order chi connectivity index (χ0) is 16.2. The fraction of sp³-hybridized carbons (Fsp3) is 0.667.